The van der Waals surface area contributed by atoms with Crippen LogP contribution in [0.25, 0.3) is 0 Å². The number of hydrogen-bond acceptors (Lipinski definition) is 2. The number of aryl methyl sites for hydroxylation is 1. The van der Waals surface area contributed by atoms with Crippen LogP contribution >= 0.6 is 0 Å². The molecule has 0 radical (unpaired) electrons. The zero-order valence-electron chi connectivity index (χ0n) is 9.15. The van der Waals surface area contributed by atoms with Gasteiger partial charge >= 0.3 is 0 Å². The molecule has 0 spiro atoms. The minimum Gasteiger partial charge on any atom is -0.370 e. The van der Waals surface area contributed by atoms with E-state index >= 15 is 0 Å². The molecular formula is C11H19N3O. The Morgan fingerprint density at radius 3 is 2.93 bits per heavy atom. The first kappa shape index (κ1) is 11.8. The molecule has 1 aromatic heterocycles. The minimum absolute atomic E-state index is 0.102. The fraction of sp³-hybridized carbons (Fsp3) is 0.545. The maximum atomic E-state index is 10.6. The number of amides is 1. The normalized spacial score (nSPS) is 12.7. The van der Waals surface area contributed by atoms with Crippen molar-refractivity contribution in [2.24, 2.45) is 11.5 Å². The van der Waals surface area contributed by atoms with E-state index in [1.165, 1.54) is 0 Å². The number of aromatic nitrogens is 1. The highest BCUT2D eigenvalue weighted by Crippen LogP contribution is 2.15. The average molecular weight is 209 g/mol. The van der Waals surface area contributed by atoms with Crippen molar-refractivity contribution >= 4 is 5.91 Å². The molecule has 1 heterocycles. The molecule has 0 bridgehead atoms. The monoisotopic (exact) mass is 209 g/mol. The summed E-state index contributed by atoms with van der Waals surface area (Å²) in [7, 11) is 0. The molecule has 4 nitrogen and oxygen atoms in total. The molecule has 0 aromatic carbocycles. The van der Waals surface area contributed by atoms with Crippen LogP contribution in [0.1, 0.15) is 37.8 Å². The molecule has 0 saturated heterocycles. The summed E-state index contributed by atoms with van der Waals surface area (Å²) in [6.45, 7) is 2.75. The molecular weight excluding hydrogens is 190 g/mol. The number of rotatable bonds is 6. The van der Waals surface area contributed by atoms with E-state index in [1.807, 2.05) is 23.0 Å². The van der Waals surface area contributed by atoms with Crippen LogP contribution in [0.5, 0.6) is 0 Å². The highest BCUT2D eigenvalue weighted by molar-refractivity contribution is 5.73. The van der Waals surface area contributed by atoms with Gasteiger partial charge in [0, 0.05) is 31.4 Å². The van der Waals surface area contributed by atoms with Crippen molar-refractivity contribution in [3.05, 3.63) is 24.0 Å². The van der Waals surface area contributed by atoms with Gasteiger partial charge < -0.3 is 16.0 Å². The van der Waals surface area contributed by atoms with E-state index in [9.17, 15) is 4.79 Å². The van der Waals surface area contributed by atoms with Crippen LogP contribution in [-0.4, -0.2) is 10.5 Å². The van der Waals surface area contributed by atoms with E-state index in [0.717, 1.165) is 18.4 Å². The summed E-state index contributed by atoms with van der Waals surface area (Å²) >= 11 is 0. The fourth-order valence-corrected chi connectivity index (χ4v) is 1.53. The second kappa shape index (κ2) is 5.56. The zero-order valence-corrected chi connectivity index (χ0v) is 9.15. The maximum Gasteiger partial charge on any atom is 0.219 e. The quantitative estimate of drug-likeness (QED) is 0.738. The molecule has 84 valence electrons. The van der Waals surface area contributed by atoms with Crippen LogP contribution in [0.2, 0.25) is 0 Å². The molecule has 1 unspecified atom stereocenters. The first-order valence-electron chi connectivity index (χ1n) is 5.33. The molecule has 0 saturated carbocycles. The van der Waals surface area contributed by atoms with Gasteiger partial charge in [0.15, 0.2) is 0 Å². The van der Waals surface area contributed by atoms with E-state index in [0.29, 0.717) is 13.0 Å². The van der Waals surface area contributed by atoms with E-state index in [-0.39, 0.29) is 11.9 Å². The lowest BCUT2D eigenvalue weighted by Gasteiger charge is -2.07. The van der Waals surface area contributed by atoms with Gasteiger partial charge in [0.25, 0.3) is 0 Å². The third kappa shape index (κ3) is 3.75. The van der Waals surface area contributed by atoms with Crippen molar-refractivity contribution < 1.29 is 4.79 Å². The molecule has 15 heavy (non-hydrogen) atoms. The van der Waals surface area contributed by atoms with Gasteiger partial charge in [0.1, 0.15) is 0 Å². The lowest BCUT2D eigenvalue weighted by atomic mass is 10.1. The second-order valence-electron chi connectivity index (χ2n) is 3.79. The van der Waals surface area contributed by atoms with Crippen LogP contribution in [0.4, 0.5) is 0 Å². The summed E-state index contributed by atoms with van der Waals surface area (Å²) in [4.78, 5) is 10.6. The Hall–Kier alpha value is -1.29. The summed E-state index contributed by atoms with van der Waals surface area (Å²) in [6.07, 6.45) is 6.36. The first-order valence-corrected chi connectivity index (χ1v) is 5.33. The van der Waals surface area contributed by atoms with Crippen molar-refractivity contribution in [1.82, 2.24) is 4.57 Å². The maximum absolute atomic E-state index is 10.6. The van der Waals surface area contributed by atoms with Crippen molar-refractivity contribution in [3.63, 3.8) is 0 Å². The summed E-state index contributed by atoms with van der Waals surface area (Å²) < 4.78 is 1.95. The van der Waals surface area contributed by atoms with Gasteiger partial charge in [-0.25, -0.2) is 0 Å². The van der Waals surface area contributed by atoms with Gasteiger partial charge in [-0.3, -0.25) is 4.79 Å². The molecule has 0 aliphatic carbocycles. The Morgan fingerprint density at radius 2 is 2.33 bits per heavy atom. The Bertz CT molecular complexity index is 319. The fourth-order valence-electron chi connectivity index (χ4n) is 1.53. The minimum atomic E-state index is -0.275. The van der Waals surface area contributed by atoms with E-state index in [4.69, 9.17) is 11.5 Å². The number of nitrogens with zero attached hydrogens (tertiary/aromatic N) is 1. The average Bonchev–Trinajstić information content (AvgIpc) is 2.63. The molecule has 0 aliphatic rings. The molecule has 1 amide bonds. The summed E-state index contributed by atoms with van der Waals surface area (Å²) in [5.41, 5.74) is 12.2. The Balaban J connectivity index is 2.51. The standard InChI is InChI=1S/C11H19N3O/c1-2-3-10(12)9-4-6-14(8-9)7-5-11(13)15/h4,6,8,10H,2-3,5,7,12H2,1H3,(H2,13,15). The highest BCUT2D eigenvalue weighted by atomic mass is 16.1. The number of nitrogens with two attached hydrogens (primary N) is 2. The lowest BCUT2D eigenvalue weighted by Crippen LogP contribution is -2.13. The molecule has 4 heteroatoms. The van der Waals surface area contributed by atoms with E-state index in [2.05, 4.69) is 6.92 Å². The Morgan fingerprint density at radius 1 is 1.60 bits per heavy atom. The Labute approximate surface area is 90.2 Å². The molecule has 4 N–H and O–H groups in total. The van der Waals surface area contributed by atoms with Crippen molar-refractivity contribution in [3.8, 4) is 0 Å². The van der Waals surface area contributed by atoms with Gasteiger partial charge in [-0.1, -0.05) is 13.3 Å². The van der Waals surface area contributed by atoms with Crippen molar-refractivity contribution in [1.29, 1.82) is 0 Å². The van der Waals surface area contributed by atoms with Crippen molar-refractivity contribution in [2.45, 2.75) is 38.8 Å². The predicted molar refractivity (Wildman–Crippen MR) is 60.1 cm³/mol. The molecule has 1 rings (SSSR count). The van der Waals surface area contributed by atoms with Crippen molar-refractivity contribution in [2.75, 3.05) is 0 Å². The molecule has 1 aromatic rings. The van der Waals surface area contributed by atoms with Gasteiger partial charge in [-0.2, -0.15) is 0 Å². The second-order valence-corrected chi connectivity index (χ2v) is 3.79. The third-order valence-electron chi connectivity index (χ3n) is 2.42. The van der Waals surface area contributed by atoms with Crippen LogP contribution < -0.4 is 11.5 Å². The number of carbonyl (C=O) groups excluding carboxylic acids is 1. The summed E-state index contributed by atoms with van der Waals surface area (Å²) in [6, 6.07) is 2.10. The zero-order chi connectivity index (χ0) is 11.3. The van der Waals surface area contributed by atoms with E-state index < -0.39 is 0 Å². The van der Waals surface area contributed by atoms with Crippen LogP contribution in [0, 0.1) is 0 Å². The summed E-state index contributed by atoms with van der Waals surface area (Å²) in [5, 5.41) is 0. The third-order valence-corrected chi connectivity index (χ3v) is 2.42. The van der Waals surface area contributed by atoms with Gasteiger partial charge in [0.2, 0.25) is 5.91 Å². The van der Waals surface area contributed by atoms with E-state index in [1.54, 1.807) is 0 Å². The number of primary amides is 1. The highest BCUT2D eigenvalue weighted by Gasteiger charge is 2.06. The van der Waals surface area contributed by atoms with Gasteiger partial charge in [-0.15, -0.1) is 0 Å². The topological polar surface area (TPSA) is 74.0 Å². The first-order chi connectivity index (χ1) is 7.13. The largest absolute Gasteiger partial charge is 0.370 e. The Kier molecular flexibility index (Phi) is 4.37. The van der Waals surface area contributed by atoms with Crippen LogP contribution in [-0.2, 0) is 11.3 Å². The SMILES string of the molecule is CCCC(N)c1ccn(CCC(N)=O)c1. The molecule has 0 fully saturated rings. The summed E-state index contributed by atoms with van der Waals surface area (Å²) in [5.74, 6) is -0.275. The molecule has 0 aliphatic heterocycles. The molecule has 1 atom stereocenters. The van der Waals surface area contributed by atoms with Gasteiger partial charge in [-0.05, 0) is 18.1 Å². The predicted octanol–water partition coefficient (Wildman–Crippen LogP) is 1.16. The van der Waals surface area contributed by atoms with Gasteiger partial charge in [0.05, 0.1) is 0 Å². The lowest BCUT2D eigenvalue weighted by molar-refractivity contribution is -0.118. The van der Waals surface area contributed by atoms with Crippen LogP contribution in [0.3, 0.4) is 0 Å². The smallest absolute Gasteiger partial charge is 0.219 e. The number of carbonyl (C=O) groups is 1. The number of hydrogen-bond donors (Lipinski definition) is 2. The van der Waals surface area contributed by atoms with Crippen LogP contribution in [0.15, 0.2) is 18.5 Å².